The topological polar surface area (TPSA) is 125 Å². The Hall–Kier alpha value is -1.28. The van der Waals surface area contributed by atoms with E-state index >= 15 is 0 Å². The number of aromatic amines is 1. The summed E-state index contributed by atoms with van der Waals surface area (Å²) in [6, 6.07) is 0. The first kappa shape index (κ1) is 10.8. The summed E-state index contributed by atoms with van der Waals surface area (Å²) in [4.78, 5) is 14.0. The van der Waals surface area contributed by atoms with Crippen LogP contribution in [0.15, 0.2) is 5.16 Å². The molecule has 0 bridgehead atoms. The molecular weight excluding hydrogens is 208 g/mol. The number of nitrogens with zero attached hydrogens (tertiary/aromatic N) is 2. The standard InChI is InChI=1S/C6H10N4O3S/c7-5-8-6(10-9-5)14-2-3(11)1-4(12)13/h3,11H,1-2H2,(H,12,13)(H3,7,8,9,10). The van der Waals surface area contributed by atoms with Gasteiger partial charge in [0.25, 0.3) is 0 Å². The third-order valence-corrected chi connectivity index (χ3v) is 2.29. The maximum atomic E-state index is 10.2. The summed E-state index contributed by atoms with van der Waals surface area (Å²) in [5, 5.41) is 24.1. The quantitative estimate of drug-likeness (QED) is 0.482. The smallest absolute Gasteiger partial charge is 0.306 e. The molecule has 1 aromatic heterocycles. The van der Waals surface area contributed by atoms with Crippen LogP contribution < -0.4 is 5.73 Å². The number of anilines is 1. The van der Waals surface area contributed by atoms with Crippen LogP contribution in [0.4, 0.5) is 5.95 Å². The molecule has 1 heterocycles. The predicted octanol–water partition coefficient (Wildman–Crippen LogP) is -0.685. The minimum absolute atomic E-state index is 0.195. The first-order chi connectivity index (χ1) is 6.58. The minimum Gasteiger partial charge on any atom is -0.481 e. The van der Waals surface area contributed by atoms with E-state index in [-0.39, 0.29) is 18.1 Å². The highest BCUT2D eigenvalue weighted by atomic mass is 32.2. The number of thioether (sulfide) groups is 1. The van der Waals surface area contributed by atoms with Crippen molar-refractivity contribution in [1.29, 1.82) is 0 Å². The highest BCUT2D eigenvalue weighted by Gasteiger charge is 2.11. The molecule has 0 aliphatic rings. The number of aliphatic carboxylic acids is 1. The highest BCUT2D eigenvalue weighted by molar-refractivity contribution is 7.99. The van der Waals surface area contributed by atoms with Crippen molar-refractivity contribution in [3.8, 4) is 0 Å². The van der Waals surface area contributed by atoms with Crippen LogP contribution >= 0.6 is 11.8 Å². The Bertz CT molecular complexity index is 316. The molecule has 0 aromatic carbocycles. The van der Waals surface area contributed by atoms with Crippen molar-refractivity contribution in [3.05, 3.63) is 0 Å². The molecule has 8 heteroatoms. The molecule has 1 rings (SSSR count). The summed E-state index contributed by atoms with van der Waals surface area (Å²) in [7, 11) is 0. The minimum atomic E-state index is -1.03. The number of hydrogen-bond acceptors (Lipinski definition) is 6. The molecule has 0 aliphatic heterocycles. The molecule has 0 saturated carbocycles. The zero-order valence-electron chi connectivity index (χ0n) is 7.17. The Balaban J connectivity index is 2.30. The molecule has 1 atom stereocenters. The number of carbonyl (C=O) groups is 1. The lowest BCUT2D eigenvalue weighted by atomic mass is 10.3. The third-order valence-electron chi connectivity index (χ3n) is 1.30. The largest absolute Gasteiger partial charge is 0.481 e. The SMILES string of the molecule is Nc1nc(SCC(O)CC(=O)O)n[nH]1. The van der Waals surface area contributed by atoms with Gasteiger partial charge in [0, 0.05) is 5.75 Å². The van der Waals surface area contributed by atoms with Gasteiger partial charge in [0.2, 0.25) is 11.1 Å². The van der Waals surface area contributed by atoms with Gasteiger partial charge in [-0.3, -0.25) is 4.79 Å². The van der Waals surface area contributed by atoms with E-state index in [1.165, 1.54) is 0 Å². The zero-order chi connectivity index (χ0) is 10.6. The van der Waals surface area contributed by atoms with E-state index in [9.17, 15) is 9.90 Å². The molecule has 0 fully saturated rings. The fourth-order valence-corrected chi connectivity index (χ4v) is 1.49. The van der Waals surface area contributed by atoms with Crippen LogP contribution in [0.2, 0.25) is 0 Å². The van der Waals surface area contributed by atoms with Crippen LogP contribution in [0, 0.1) is 0 Å². The van der Waals surface area contributed by atoms with Crippen molar-refractivity contribution in [1.82, 2.24) is 15.2 Å². The molecule has 1 unspecified atom stereocenters. The average molecular weight is 218 g/mol. The van der Waals surface area contributed by atoms with E-state index in [2.05, 4.69) is 15.2 Å². The molecule has 78 valence electrons. The van der Waals surface area contributed by atoms with E-state index in [4.69, 9.17) is 10.8 Å². The maximum Gasteiger partial charge on any atom is 0.306 e. The van der Waals surface area contributed by atoms with Crippen molar-refractivity contribution in [3.63, 3.8) is 0 Å². The molecular formula is C6H10N4O3S. The molecule has 14 heavy (non-hydrogen) atoms. The second-order valence-electron chi connectivity index (χ2n) is 2.57. The lowest BCUT2D eigenvalue weighted by molar-refractivity contribution is -0.138. The highest BCUT2D eigenvalue weighted by Crippen LogP contribution is 2.14. The Morgan fingerprint density at radius 1 is 1.71 bits per heavy atom. The van der Waals surface area contributed by atoms with Crippen molar-refractivity contribution in [2.75, 3.05) is 11.5 Å². The number of H-pyrrole nitrogens is 1. The maximum absolute atomic E-state index is 10.2. The second kappa shape index (κ2) is 4.82. The number of carboxylic acid groups (broad SMARTS) is 1. The van der Waals surface area contributed by atoms with Crippen LogP contribution in [-0.4, -0.2) is 43.2 Å². The molecule has 0 saturated heterocycles. The summed E-state index contributed by atoms with van der Waals surface area (Å²) >= 11 is 1.14. The number of aliphatic hydroxyl groups excluding tert-OH is 1. The fraction of sp³-hybridized carbons (Fsp3) is 0.500. The van der Waals surface area contributed by atoms with Gasteiger partial charge in [-0.25, -0.2) is 5.10 Å². The first-order valence-corrected chi connectivity index (χ1v) is 4.77. The number of nitrogens with one attached hydrogen (secondary N) is 1. The lowest BCUT2D eigenvalue weighted by Gasteiger charge is -2.04. The van der Waals surface area contributed by atoms with E-state index in [1.54, 1.807) is 0 Å². The van der Waals surface area contributed by atoms with Crippen LogP contribution in [0.25, 0.3) is 0 Å². The summed E-state index contributed by atoms with van der Waals surface area (Å²) in [6.07, 6.45) is -1.19. The Kier molecular flexibility index (Phi) is 3.72. The van der Waals surface area contributed by atoms with Gasteiger partial charge in [-0.05, 0) is 0 Å². The predicted molar refractivity (Wildman–Crippen MR) is 49.8 cm³/mol. The molecule has 5 N–H and O–H groups in total. The second-order valence-corrected chi connectivity index (χ2v) is 3.55. The van der Waals surface area contributed by atoms with E-state index in [0.29, 0.717) is 5.16 Å². The fourth-order valence-electron chi connectivity index (χ4n) is 0.754. The normalized spacial score (nSPS) is 12.6. The number of carboxylic acids is 1. The van der Waals surface area contributed by atoms with Crippen molar-refractivity contribution >= 4 is 23.7 Å². The van der Waals surface area contributed by atoms with Gasteiger partial charge in [-0.1, -0.05) is 11.8 Å². The Morgan fingerprint density at radius 3 is 2.93 bits per heavy atom. The summed E-state index contributed by atoms with van der Waals surface area (Å²) in [5.41, 5.74) is 5.27. The Morgan fingerprint density at radius 2 is 2.43 bits per heavy atom. The van der Waals surface area contributed by atoms with Gasteiger partial charge in [-0.15, -0.1) is 5.10 Å². The number of hydrogen-bond donors (Lipinski definition) is 4. The number of aromatic nitrogens is 3. The monoisotopic (exact) mass is 218 g/mol. The van der Waals surface area contributed by atoms with Crippen LogP contribution in [0.1, 0.15) is 6.42 Å². The van der Waals surface area contributed by atoms with Gasteiger partial charge in [0.05, 0.1) is 12.5 Å². The lowest BCUT2D eigenvalue weighted by Crippen LogP contribution is -2.15. The van der Waals surface area contributed by atoms with Crippen molar-refractivity contribution in [2.45, 2.75) is 17.7 Å². The molecule has 0 amide bonds. The average Bonchev–Trinajstić information content (AvgIpc) is 2.47. The van der Waals surface area contributed by atoms with E-state index in [1.807, 2.05) is 0 Å². The number of rotatable bonds is 5. The van der Waals surface area contributed by atoms with Crippen LogP contribution in [0.3, 0.4) is 0 Å². The molecule has 0 spiro atoms. The molecule has 1 aromatic rings. The number of aliphatic hydroxyl groups is 1. The van der Waals surface area contributed by atoms with E-state index in [0.717, 1.165) is 11.8 Å². The van der Waals surface area contributed by atoms with Crippen LogP contribution in [0.5, 0.6) is 0 Å². The molecule has 0 aliphatic carbocycles. The van der Waals surface area contributed by atoms with Gasteiger partial charge < -0.3 is 15.9 Å². The van der Waals surface area contributed by atoms with Crippen molar-refractivity contribution in [2.24, 2.45) is 0 Å². The van der Waals surface area contributed by atoms with Gasteiger partial charge >= 0.3 is 5.97 Å². The van der Waals surface area contributed by atoms with Crippen LogP contribution in [-0.2, 0) is 4.79 Å². The Labute approximate surface area is 83.7 Å². The number of nitrogens with two attached hydrogens (primary N) is 1. The van der Waals surface area contributed by atoms with E-state index < -0.39 is 12.1 Å². The zero-order valence-corrected chi connectivity index (χ0v) is 7.99. The summed E-state index contributed by atoms with van der Waals surface area (Å²) < 4.78 is 0. The summed E-state index contributed by atoms with van der Waals surface area (Å²) in [5.74, 6) is -0.614. The van der Waals surface area contributed by atoms with Gasteiger partial charge in [0.1, 0.15) is 0 Å². The van der Waals surface area contributed by atoms with Gasteiger partial charge in [-0.2, -0.15) is 4.98 Å². The third kappa shape index (κ3) is 3.62. The number of nitrogen functional groups attached to an aromatic ring is 1. The molecule has 7 nitrogen and oxygen atoms in total. The summed E-state index contributed by atoms with van der Waals surface area (Å²) in [6.45, 7) is 0. The molecule has 0 radical (unpaired) electrons. The van der Waals surface area contributed by atoms with Gasteiger partial charge in [0.15, 0.2) is 0 Å². The first-order valence-electron chi connectivity index (χ1n) is 3.78. The van der Waals surface area contributed by atoms with Crippen molar-refractivity contribution < 1.29 is 15.0 Å².